The number of hydrogen-bond acceptors (Lipinski definition) is 6. The quantitative estimate of drug-likeness (QED) is 0.346. The van der Waals surface area contributed by atoms with Crippen molar-refractivity contribution < 1.29 is 29.0 Å². The Bertz CT molecular complexity index is 1790. The summed E-state index contributed by atoms with van der Waals surface area (Å²) in [5, 5.41) is 11.3. The standard InChI is InChI=1S/C38H38ClN3O6/c1-4-47-27-17-15-26(16-18-27)40-21-9-19-37(3)30(34(40)44)31-35(45)42(29(23-43)25-12-6-5-7-13-25)33-36(46)41(22-10-20-38(31,33)48-37)32-24(2)11-8-14-28(32)39/h5-20,29-31,33,43H,4,21-23H2,1-3H3/t29-,30-,31+,33?,37+,38+/m1/s1. The summed E-state index contributed by atoms with van der Waals surface area (Å²) in [6.07, 6.45) is 7.36. The number of anilines is 2. The topological polar surface area (TPSA) is 99.6 Å². The number of benzene rings is 3. The number of fused-ring (bicyclic) bond motifs is 2. The van der Waals surface area contributed by atoms with Crippen LogP contribution in [0.2, 0.25) is 5.02 Å². The maximum atomic E-state index is 15.1. The van der Waals surface area contributed by atoms with Crippen molar-refractivity contribution in [1.29, 1.82) is 0 Å². The summed E-state index contributed by atoms with van der Waals surface area (Å²) >= 11 is 6.71. The van der Waals surface area contributed by atoms with E-state index in [1.54, 1.807) is 21.9 Å². The van der Waals surface area contributed by atoms with Crippen LogP contribution in [0.1, 0.15) is 31.0 Å². The summed E-state index contributed by atoms with van der Waals surface area (Å²) < 4.78 is 12.6. The van der Waals surface area contributed by atoms with Gasteiger partial charge in [0.05, 0.1) is 47.4 Å². The highest BCUT2D eigenvalue weighted by Crippen LogP contribution is 2.59. The van der Waals surface area contributed by atoms with Crippen molar-refractivity contribution in [3.05, 3.63) is 113 Å². The third-order valence-corrected chi connectivity index (χ3v) is 10.4. The van der Waals surface area contributed by atoms with Gasteiger partial charge in [-0.15, -0.1) is 0 Å². The molecule has 3 aromatic rings. The summed E-state index contributed by atoms with van der Waals surface area (Å²) in [6, 6.07) is 19.8. The van der Waals surface area contributed by atoms with E-state index < -0.39 is 53.5 Å². The molecule has 248 valence electrons. The lowest BCUT2D eigenvalue weighted by Gasteiger charge is -2.40. The van der Waals surface area contributed by atoms with Gasteiger partial charge in [-0.3, -0.25) is 14.4 Å². The van der Waals surface area contributed by atoms with Crippen LogP contribution in [0.3, 0.4) is 0 Å². The molecule has 4 aliphatic rings. The first-order valence-electron chi connectivity index (χ1n) is 16.3. The summed E-state index contributed by atoms with van der Waals surface area (Å²) in [4.78, 5) is 49.6. The fourth-order valence-corrected chi connectivity index (χ4v) is 8.44. The molecule has 3 aromatic carbocycles. The van der Waals surface area contributed by atoms with E-state index in [1.165, 1.54) is 4.90 Å². The predicted molar refractivity (Wildman–Crippen MR) is 183 cm³/mol. The van der Waals surface area contributed by atoms with Gasteiger partial charge in [0.25, 0.3) is 5.91 Å². The van der Waals surface area contributed by atoms with Crippen LogP contribution < -0.4 is 14.5 Å². The average Bonchev–Trinajstić information content (AvgIpc) is 3.35. The molecular weight excluding hydrogens is 630 g/mol. The Kier molecular flexibility index (Phi) is 8.18. The highest BCUT2D eigenvalue weighted by Gasteiger charge is 2.75. The van der Waals surface area contributed by atoms with E-state index in [-0.39, 0.29) is 19.0 Å². The number of carbonyl (C=O) groups excluding carboxylic acids is 3. The maximum absolute atomic E-state index is 15.1. The van der Waals surface area contributed by atoms with Gasteiger partial charge in [-0.05, 0) is 62.2 Å². The number of para-hydroxylation sites is 1. The Morgan fingerprint density at radius 3 is 2.29 bits per heavy atom. The minimum absolute atomic E-state index is 0.179. The maximum Gasteiger partial charge on any atom is 0.253 e. The highest BCUT2D eigenvalue weighted by molar-refractivity contribution is 6.34. The molecule has 0 bridgehead atoms. The molecule has 2 fully saturated rings. The zero-order chi connectivity index (χ0) is 33.8. The lowest BCUT2D eigenvalue weighted by Crippen LogP contribution is -2.57. The summed E-state index contributed by atoms with van der Waals surface area (Å²) in [6.45, 7) is 6.14. The van der Waals surface area contributed by atoms with Crippen LogP contribution in [0.5, 0.6) is 5.75 Å². The number of rotatable bonds is 7. The van der Waals surface area contributed by atoms with E-state index in [0.717, 1.165) is 5.56 Å². The van der Waals surface area contributed by atoms with Gasteiger partial charge in [-0.1, -0.05) is 78.4 Å². The minimum atomic E-state index is -1.51. The Balaban J connectivity index is 1.38. The van der Waals surface area contributed by atoms with Crippen LogP contribution in [0.15, 0.2) is 97.1 Å². The number of aliphatic hydroxyl groups excluding tert-OH is 1. The fourth-order valence-electron chi connectivity index (χ4n) is 8.11. The zero-order valence-corrected chi connectivity index (χ0v) is 27.8. The van der Waals surface area contributed by atoms with Gasteiger partial charge >= 0.3 is 0 Å². The predicted octanol–water partition coefficient (Wildman–Crippen LogP) is 5.26. The smallest absolute Gasteiger partial charge is 0.253 e. The molecule has 10 heteroatoms. The number of hydrogen-bond donors (Lipinski definition) is 1. The molecule has 4 heterocycles. The second-order valence-electron chi connectivity index (χ2n) is 12.9. The van der Waals surface area contributed by atoms with Gasteiger partial charge < -0.3 is 29.3 Å². The highest BCUT2D eigenvalue weighted by atomic mass is 35.5. The first-order valence-corrected chi connectivity index (χ1v) is 16.7. The summed E-state index contributed by atoms with van der Waals surface area (Å²) in [5.74, 6) is -2.45. The molecule has 1 N–H and O–H groups in total. The molecule has 9 nitrogen and oxygen atoms in total. The van der Waals surface area contributed by atoms with Gasteiger partial charge in [-0.25, -0.2) is 0 Å². The lowest BCUT2D eigenvalue weighted by atomic mass is 9.74. The number of carbonyl (C=O) groups is 3. The molecule has 6 atom stereocenters. The monoisotopic (exact) mass is 667 g/mol. The SMILES string of the molecule is CCOc1ccc(N2CC=C[C@]3(C)O[C@]45C=CCN(c6c(C)cccc6Cl)C(=O)C4N([C@H](CO)c4ccccc4)C(=O)[C@@H]5[C@@H]3C2=O)cc1. The van der Waals surface area contributed by atoms with E-state index in [0.29, 0.717) is 34.3 Å². The number of halogens is 1. The van der Waals surface area contributed by atoms with Crippen molar-refractivity contribution in [3.8, 4) is 5.75 Å². The van der Waals surface area contributed by atoms with Gasteiger partial charge in [0, 0.05) is 18.8 Å². The number of likely N-dealkylation sites (tertiary alicyclic amines) is 1. The van der Waals surface area contributed by atoms with Gasteiger partial charge in [0.15, 0.2) is 0 Å². The molecule has 1 spiro atoms. The summed E-state index contributed by atoms with van der Waals surface area (Å²) in [7, 11) is 0. The number of aryl methyl sites for hydroxylation is 1. The minimum Gasteiger partial charge on any atom is -0.494 e. The normalized spacial score (nSPS) is 28.6. The van der Waals surface area contributed by atoms with Crippen molar-refractivity contribution in [2.24, 2.45) is 11.8 Å². The third kappa shape index (κ3) is 4.86. The molecule has 2 saturated heterocycles. The second kappa shape index (κ2) is 12.2. The Hall–Kier alpha value is -4.44. The molecule has 0 radical (unpaired) electrons. The Morgan fingerprint density at radius 1 is 0.896 bits per heavy atom. The third-order valence-electron chi connectivity index (χ3n) is 10.1. The number of nitrogens with zero attached hydrogens (tertiary/aromatic N) is 3. The molecule has 7 rings (SSSR count). The second-order valence-corrected chi connectivity index (χ2v) is 13.3. The summed E-state index contributed by atoms with van der Waals surface area (Å²) in [5.41, 5.74) is -0.0652. The van der Waals surface area contributed by atoms with Crippen LogP contribution >= 0.6 is 11.6 Å². The average molecular weight is 668 g/mol. The molecule has 3 amide bonds. The van der Waals surface area contributed by atoms with Crippen molar-refractivity contribution in [2.45, 2.75) is 44.1 Å². The van der Waals surface area contributed by atoms with Gasteiger partial charge in [0.1, 0.15) is 17.4 Å². The van der Waals surface area contributed by atoms with Gasteiger partial charge in [0.2, 0.25) is 11.8 Å². The van der Waals surface area contributed by atoms with E-state index in [4.69, 9.17) is 21.1 Å². The molecule has 0 saturated carbocycles. The van der Waals surface area contributed by atoms with Crippen molar-refractivity contribution in [1.82, 2.24) is 4.90 Å². The molecular formula is C38H38ClN3O6. The molecule has 48 heavy (non-hydrogen) atoms. The van der Waals surface area contributed by atoms with Crippen molar-refractivity contribution in [2.75, 3.05) is 36.1 Å². The zero-order valence-electron chi connectivity index (χ0n) is 27.1. The number of ether oxygens (including phenoxy) is 2. The molecule has 4 aliphatic heterocycles. The van der Waals surface area contributed by atoms with Crippen LogP contribution in [0, 0.1) is 18.8 Å². The lowest BCUT2D eigenvalue weighted by molar-refractivity contribution is -0.148. The number of amides is 3. The van der Waals surface area contributed by atoms with Crippen molar-refractivity contribution in [3.63, 3.8) is 0 Å². The molecule has 0 aromatic heterocycles. The molecule has 1 unspecified atom stereocenters. The Morgan fingerprint density at radius 2 is 1.60 bits per heavy atom. The van der Waals surface area contributed by atoms with E-state index in [2.05, 4.69) is 0 Å². The largest absolute Gasteiger partial charge is 0.494 e. The van der Waals surface area contributed by atoms with Crippen LogP contribution in [0.4, 0.5) is 11.4 Å². The van der Waals surface area contributed by atoms with E-state index in [1.807, 2.05) is 106 Å². The van der Waals surface area contributed by atoms with E-state index in [9.17, 15) is 9.90 Å². The van der Waals surface area contributed by atoms with Crippen molar-refractivity contribution >= 4 is 40.7 Å². The fraction of sp³-hybridized carbons (Fsp3) is 0.342. The van der Waals surface area contributed by atoms with Crippen LogP contribution in [-0.4, -0.2) is 71.3 Å². The van der Waals surface area contributed by atoms with Gasteiger partial charge in [-0.2, -0.15) is 0 Å². The Labute approximate surface area is 285 Å². The van der Waals surface area contributed by atoms with E-state index >= 15 is 9.59 Å². The first-order chi connectivity index (χ1) is 23.1. The van der Waals surface area contributed by atoms with Crippen LogP contribution in [-0.2, 0) is 19.1 Å². The first kappa shape index (κ1) is 32.1. The van der Waals surface area contributed by atoms with Crippen LogP contribution in [0.25, 0.3) is 0 Å². The number of aliphatic hydroxyl groups is 1. The molecule has 0 aliphatic carbocycles.